The molecule has 4 heterocycles. The van der Waals surface area contributed by atoms with E-state index in [1.165, 1.54) is 0 Å². The topological polar surface area (TPSA) is 102 Å². The molecule has 3 aromatic rings. The van der Waals surface area contributed by atoms with Crippen molar-refractivity contribution in [3.63, 3.8) is 0 Å². The number of hydrogen-bond donors (Lipinski definition) is 1. The van der Waals surface area contributed by atoms with Crippen molar-refractivity contribution in [1.29, 1.82) is 0 Å². The number of fused-ring (bicyclic) bond motifs is 1. The van der Waals surface area contributed by atoms with Crippen molar-refractivity contribution in [3.05, 3.63) is 39.5 Å². The van der Waals surface area contributed by atoms with Crippen molar-refractivity contribution in [2.45, 2.75) is 31.7 Å². The van der Waals surface area contributed by atoms with E-state index >= 15 is 0 Å². The van der Waals surface area contributed by atoms with Crippen molar-refractivity contribution in [2.24, 2.45) is 0 Å². The number of carbonyl (C=O) groups is 1. The number of nitrogens with one attached hydrogen (secondary N) is 1. The second-order valence-electron chi connectivity index (χ2n) is 7.93. The number of carbonyl (C=O) groups excluding carboxylic acids is 1. The van der Waals surface area contributed by atoms with Gasteiger partial charge in [-0.1, -0.05) is 6.08 Å². The Balaban J connectivity index is 1.48. The fourth-order valence-electron chi connectivity index (χ4n) is 3.52. The van der Waals surface area contributed by atoms with Crippen LogP contribution >= 0.6 is 22.6 Å². The van der Waals surface area contributed by atoms with Crippen LogP contribution < -0.4 is 9.64 Å². The highest BCUT2D eigenvalue weighted by Gasteiger charge is 2.42. The van der Waals surface area contributed by atoms with Gasteiger partial charge in [0.05, 0.1) is 23.9 Å². The van der Waals surface area contributed by atoms with Crippen LogP contribution in [0, 0.1) is 3.57 Å². The summed E-state index contributed by atoms with van der Waals surface area (Å²) in [7, 11) is 0.979. The molecular formula is C23H23F3IN5O4. The summed E-state index contributed by atoms with van der Waals surface area (Å²) in [5.41, 5.74) is 1.33. The zero-order valence-electron chi connectivity index (χ0n) is 19.2. The Morgan fingerprint density at radius 2 is 2.11 bits per heavy atom. The second kappa shape index (κ2) is 11.5. The second-order valence-corrected chi connectivity index (χ2v) is 9.10. The smallest absolute Gasteiger partial charge is 0.471 e. The lowest BCUT2D eigenvalue weighted by Gasteiger charge is -2.22. The number of hydrogen-bond acceptors (Lipinski definition) is 7. The van der Waals surface area contributed by atoms with Crippen molar-refractivity contribution < 1.29 is 32.2 Å². The molecule has 0 aromatic carbocycles. The van der Waals surface area contributed by atoms with E-state index in [4.69, 9.17) is 14.2 Å². The van der Waals surface area contributed by atoms with Crippen LogP contribution in [0.1, 0.15) is 30.5 Å². The van der Waals surface area contributed by atoms with E-state index in [9.17, 15) is 18.0 Å². The van der Waals surface area contributed by atoms with Crippen molar-refractivity contribution >= 4 is 57.6 Å². The van der Waals surface area contributed by atoms with Gasteiger partial charge in [-0.05, 0) is 59.6 Å². The summed E-state index contributed by atoms with van der Waals surface area (Å²) in [6.07, 6.45) is 5.93. The molecule has 192 valence electrons. The fourth-order valence-corrected chi connectivity index (χ4v) is 4.21. The lowest BCUT2D eigenvalue weighted by molar-refractivity contribution is -0.170. The van der Waals surface area contributed by atoms with Gasteiger partial charge in [0.15, 0.2) is 6.29 Å². The molecule has 13 heteroatoms. The third-order valence-electron chi connectivity index (χ3n) is 5.31. The Kier molecular flexibility index (Phi) is 8.41. The first kappa shape index (κ1) is 26.3. The van der Waals surface area contributed by atoms with Gasteiger partial charge in [-0.3, -0.25) is 14.7 Å². The molecular weight excluding hydrogens is 594 g/mol. The van der Waals surface area contributed by atoms with Gasteiger partial charge < -0.3 is 19.2 Å². The number of aromatic amines is 1. The molecule has 1 atom stereocenters. The van der Waals surface area contributed by atoms with E-state index in [2.05, 4.69) is 42.5 Å². The third-order valence-corrected chi connectivity index (χ3v) is 6.16. The number of ether oxygens (including phenoxy) is 3. The lowest BCUT2D eigenvalue weighted by atomic mass is 10.2. The maximum Gasteiger partial charge on any atom is 0.471 e. The molecule has 0 radical (unpaired) electrons. The van der Waals surface area contributed by atoms with Crippen LogP contribution in [0.5, 0.6) is 5.75 Å². The molecule has 1 amide bonds. The number of alkyl halides is 3. The highest BCUT2D eigenvalue weighted by molar-refractivity contribution is 14.1. The van der Waals surface area contributed by atoms with Gasteiger partial charge in [-0.15, -0.1) is 0 Å². The summed E-state index contributed by atoms with van der Waals surface area (Å²) in [6.45, 7) is 1.41. The van der Waals surface area contributed by atoms with E-state index in [-0.39, 0.29) is 12.2 Å². The first-order valence-corrected chi connectivity index (χ1v) is 12.2. The Hall–Kier alpha value is -2.78. The van der Waals surface area contributed by atoms with Crippen LogP contribution in [0.25, 0.3) is 23.2 Å². The van der Waals surface area contributed by atoms with E-state index in [1.807, 2.05) is 0 Å². The number of anilines is 1. The standard InChI is InChI=1S/C23H23F3IN5O4/c1-32(21(33)23(24,25)26)22-30-17(19-16(27)13-29-20(19)31-22)6-5-14-10-15(12-28-11-14)34-8-9-36-18-4-2-3-7-35-18/h5-6,10-13,18H,2-4,7-9H2,1H3,(H,29,30,31). The molecule has 1 unspecified atom stereocenters. The molecule has 1 aliphatic heterocycles. The summed E-state index contributed by atoms with van der Waals surface area (Å²) in [5.74, 6) is -1.91. The molecule has 4 rings (SSSR count). The SMILES string of the molecule is CN(C(=O)C(F)(F)F)c1nc(C=Cc2cncc(OCCOC3CCCCO3)c2)c2c(I)c[nH]c2n1. The van der Waals surface area contributed by atoms with Crippen LogP contribution in [0.2, 0.25) is 0 Å². The molecule has 1 saturated heterocycles. The van der Waals surface area contributed by atoms with Gasteiger partial charge in [0.1, 0.15) is 18.0 Å². The number of rotatable bonds is 8. The minimum atomic E-state index is -5.05. The highest BCUT2D eigenvalue weighted by atomic mass is 127. The molecule has 9 nitrogen and oxygen atoms in total. The van der Waals surface area contributed by atoms with Gasteiger partial charge >= 0.3 is 12.1 Å². The van der Waals surface area contributed by atoms with Gasteiger partial charge in [-0.25, -0.2) is 4.98 Å². The Labute approximate surface area is 218 Å². The lowest BCUT2D eigenvalue weighted by Crippen LogP contribution is -2.39. The number of amides is 1. The monoisotopic (exact) mass is 617 g/mol. The average molecular weight is 617 g/mol. The predicted molar refractivity (Wildman–Crippen MR) is 134 cm³/mol. The third kappa shape index (κ3) is 6.50. The molecule has 1 N–H and O–H groups in total. The summed E-state index contributed by atoms with van der Waals surface area (Å²) in [5, 5.41) is 0.617. The summed E-state index contributed by atoms with van der Waals surface area (Å²) in [4.78, 5) is 27.4. The number of nitrogens with zero attached hydrogens (tertiary/aromatic N) is 4. The van der Waals surface area contributed by atoms with Crippen LogP contribution in [-0.4, -0.2) is 65.2 Å². The fraction of sp³-hybridized carbons (Fsp3) is 0.391. The Bertz CT molecular complexity index is 1240. The minimum Gasteiger partial charge on any atom is -0.490 e. The molecule has 36 heavy (non-hydrogen) atoms. The van der Waals surface area contributed by atoms with Crippen LogP contribution in [-0.2, 0) is 14.3 Å². The van der Waals surface area contributed by atoms with E-state index in [0.717, 1.165) is 29.9 Å². The molecule has 0 aliphatic carbocycles. The van der Waals surface area contributed by atoms with Crippen molar-refractivity contribution in [3.8, 4) is 5.75 Å². The number of halogens is 4. The van der Waals surface area contributed by atoms with E-state index in [0.29, 0.717) is 52.8 Å². The first-order valence-electron chi connectivity index (χ1n) is 11.1. The number of pyridine rings is 1. The van der Waals surface area contributed by atoms with Gasteiger partial charge in [0.2, 0.25) is 5.95 Å². The normalized spacial score (nSPS) is 16.5. The Morgan fingerprint density at radius 1 is 1.28 bits per heavy atom. The van der Waals surface area contributed by atoms with E-state index in [1.54, 1.807) is 36.8 Å². The van der Waals surface area contributed by atoms with E-state index < -0.39 is 12.1 Å². The minimum absolute atomic E-state index is 0.189. The molecule has 1 aliphatic rings. The maximum atomic E-state index is 12.9. The van der Waals surface area contributed by atoms with Crippen LogP contribution in [0.3, 0.4) is 0 Å². The Morgan fingerprint density at radius 3 is 2.86 bits per heavy atom. The van der Waals surface area contributed by atoms with Crippen LogP contribution in [0.15, 0.2) is 24.7 Å². The molecule has 3 aromatic heterocycles. The highest BCUT2D eigenvalue weighted by Crippen LogP contribution is 2.27. The van der Waals surface area contributed by atoms with Gasteiger partial charge in [-0.2, -0.15) is 18.2 Å². The first-order chi connectivity index (χ1) is 17.2. The van der Waals surface area contributed by atoms with Crippen LogP contribution in [0.4, 0.5) is 19.1 Å². The zero-order chi connectivity index (χ0) is 25.7. The molecule has 1 fully saturated rings. The predicted octanol–water partition coefficient (Wildman–Crippen LogP) is 4.58. The quantitative estimate of drug-likeness (QED) is 0.292. The summed E-state index contributed by atoms with van der Waals surface area (Å²) >= 11 is 2.07. The van der Waals surface area contributed by atoms with Gasteiger partial charge in [0, 0.05) is 29.6 Å². The summed E-state index contributed by atoms with van der Waals surface area (Å²) in [6, 6.07) is 1.77. The largest absolute Gasteiger partial charge is 0.490 e. The van der Waals surface area contributed by atoms with Crippen molar-refractivity contribution in [2.75, 3.05) is 31.8 Å². The number of H-pyrrole nitrogens is 1. The molecule has 0 saturated carbocycles. The summed E-state index contributed by atoms with van der Waals surface area (Å²) < 4.78 is 56.4. The van der Waals surface area contributed by atoms with Gasteiger partial charge in [0.25, 0.3) is 0 Å². The zero-order valence-corrected chi connectivity index (χ0v) is 21.4. The number of aromatic nitrogens is 4. The molecule has 0 bridgehead atoms. The maximum absolute atomic E-state index is 12.9. The molecule has 0 spiro atoms. The van der Waals surface area contributed by atoms with Crippen molar-refractivity contribution in [1.82, 2.24) is 19.9 Å². The average Bonchev–Trinajstić information content (AvgIpc) is 3.25.